The fourth-order valence-electron chi connectivity index (χ4n) is 3.32. The molecule has 124 valence electrons. The SMILES string of the molecule is I.NC(=NCc1nnc2n1CCCC2)NC1CCCCCC1. The number of rotatable bonds is 3. The molecule has 1 fully saturated rings. The molecule has 6 nitrogen and oxygen atoms in total. The Kier molecular flexibility index (Phi) is 6.91. The molecule has 1 aliphatic heterocycles. The van der Waals surface area contributed by atoms with Gasteiger partial charge in [0.15, 0.2) is 11.8 Å². The average Bonchev–Trinajstić information content (AvgIpc) is 2.74. The highest BCUT2D eigenvalue weighted by Crippen LogP contribution is 2.17. The highest BCUT2D eigenvalue weighted by Gasteiger charge is 2.16. The van der Waals surface area contributed by atoms with E-state index in [0.29, 0.717) is 18.5 Å². The smallest absolute Gasteiger partial charge is 0.189 e. The number of hydrogen-bond acceptors (Lipinski definition) is 3. The summed E-state index contributed by atoms with van der Waals surface area (Å²) in [4.78, 5) is 4.46. The molecule has 1 aromatic rings. The molecule has 7 heteroatoms. The van der Waals surface area contributed by atoms with E-state index in [1.807, 2.05) is 0 Å². The van der Waals surface area contributed by atoms with E-state index in [1.165, 1.54) is 51.4 Å². The van der Waals surface area contributed by atoms with Crippen molar-refractivity contribution in [2.45, 2.75) is 76.9 Å². The molecule has 1 aromatic heterocycles. The monoisotopic (exact) mass is 418 g/mol. The summed E-state index contributed by atoms with van der Waals surface area (Å²) in [7, 11) is 0. The Hall–Kier alpha value is -0.860. The zero-order valence-corrected chi connectivity index (χ0v) is 15.5. The van der Waals surface area contributed by atoms with Crippen molar-refractivity contribution in [2.24, 2.45) is 10.7 Å². The van der Waals surface area contributed by atoms with Crippen LogP contribution in [-0.4, -0.2) is 26.8 Å². The average molecular weight is 418 g/mol. The molecule has 0 amide bonds. The normalized spacial score (nSPS) is 19.9. The molecule has 22 heavy (non-hydrogen) atoms. The molecule has 1 aliphatic carbocycles. The van der Waals surface area contributed by atoms with Crippen molar-refractivity contribution in [3.05, 3.63) is 11.6 Å². The zero-order valence-electron chi connectivity index (χ0n) is 13.1. The Morgan fingerprint density at radius 2 is 1.91 bits per heavy atom. The molecule has 0 unspecified atom stereocenters. The molecular formula is C15H27IN6. The quantitative estimate of drug-likeness (QED) is 0.342. The number of nitrogens with zero attached hydrogens (tertiary/aromatic N) is 4. The van der Waals surface area contributed by atoms with Crippen molar-refractivity contribution in [1.29, 1.82) is 0 Å². The lowest BCUT2D eigenvalue weighted by molar-refractivity contribution is 0.507. The summed E-state index contributed by atoms with van der Waals surface area (Å²) in [6.45, 7) is 1.54. The van der Waals surface area contributed by atoms with Crippen LogP contribution in [0.25, 0.3) is 0 Å². The van der Waals surface area contributed by atoms with Gasteiger partial charge in [-0.2, -0.15) is 0 Å². The minimum absolute atomic E-state index is 0. The minimum atomic E-state index is 0. The van der Waals surface area contributed by atoms with Crippen LogP contribution >= 0.6 is 24.0 Å². The van der Waals surface area contributed by atoms with E-state index in [0.717, 1.165) is 24.6 Å². The van der Waals surface area contributed by atoms with E-state index in [-0.39, 0.29) is 24.0 Å². The molecule has 0 radical (unpaired) electrons. The molecule has 3 N–H and O–H groups in total. The summed E-state index contributed by atoms with van der Waals surface area (Å²) in [6.07, 6.45) is 11.2. The van der Waals surface area contributed by atoms with Crippen molar-refractivity contribution in [1.82, 2.24) is 20.1 Å². The third kappa shape index (κ3) is 4.57. The van der Waals surface area contributed by atoms with E-state index in [2.05, 4.69) is 25.1 Å². The van der Waals surface area contributed by atoms with Crippen LogP contribution < -0.4 is 11.1 Å². The van der Waals surface area contributed by atoms with Gasteiger partial charge in [0.05, 0.1) is 0 Å². The third-order valence-corrected chi connectivity index (χ3v) is 4.53. The second kappa shape index (κ2) is 8.69. The zero-order chi connectivity index (χ0) is 14.5. The second-order valence-electron chi connectivity index (χ2n) is 6.18. The number of aryl methyl sites for hydroxylation is 1. The summed E-state index contributed by atoms with van der Waals surface area (Å²) in [6, 6.07) is 0.489. The van der Waals surface area contributed by atoms with E-state index in [1.54, 1.807) is 0 Å². The van der Waals surface area contributed by atoms with Crippen molar-refractivity contribution >= 4 is 29.9 Å². The first-order valence-corrected chi connectivity index (χ1v) is 8.30. The van der Waals surface area contributed by atoms with Crippen LogP contribution in [0.15, 0.2) is 4.99 Å². The molecule has 2 heterocycles. The number of nitrogens with two attached hydrogens (primary N) is 1. The van der Waals surface area contributed by atoms with Gasteiger partial charge in [-0.3, -0.25) is 0 Å². The molecule has 0 spiro atoms. The van der Waals surface area contributed by atoms with Gasteiger partial charge in [0, 0.05) is 19.0 Å². The van der Waals surface area contributed by atoms with E-state index < -0.39 is 0 Å². The van der Waals surface area contributed by atoms with Crippen molar-refractivity contribution in [2.75, 3.05) is 0 Å². The molecular weight excluding hydrogens is 391 g/mol. The first-order chi connectivity index (χ1) is 10.3. The molecule has 0 bridgehead atoms. The Morgan fingerprint density at radius 1 is 1.14 bits per heavy atom. The van der Waals surface area contributed by atoms with Crippen LogP contribution in [0.5, 0.6) is 0 Å². The van der Waals surface area contributed by atoms with Crippen molar-refractivity contribution in [3.8, 4) is 0 Å². The number of fused-ring (bicyclic) bond motifs is 1. The van der Waals surface area contributed by atoms with Crippen LogP contribution in [0, 0.1) is 0 Å². The Labute approximate surface area is 149 Å². The van der Waals surface area contributed by atoms with Gasteiger partial charge < -0.3 is 15.6 Å². The topological polar surface area (TPSA) is 81.1 Å². The summed E-state index contributed by atoms with van der Waals surface area (Å²) < 4.78 is 2.20. The van der Waals surface area contributed by atoms with Crippen LogP contribution in [0.4, 0.5) is 0 Å². The number of aliphatic imine (C=N–C) groups is 1. The lowest BCUT2D eigenvalue weighted by atomic mass is 10.1. The minimum Gasteiger partial charge on any atom is -0.370 e. The van der Waals surface area contributed by atoms with Crippen molar-refractivity contribution in [3.63, 3.8) is 0 Å². The number of halogens is 1. The van der Waals surface area contributed by atoms with E-state index in [9.17, 15) is 0 Å². The third-order valence-electron chi connectivity index (χ3n) is 4.53. The molecule has 2 aliphatic rings. The number of hydrogen-bond donors (Lipinski definition) is 2. The number of aromatic nitrogens is 3. The first kappa shape index (κ1) is 17.5. The molecule has 1 saturated carbocycles. The van der Waals surface area contributed by atoms with Crippen LogP contribution in [0.3, 0.4) is 0 Å². The molecule has 0 saturated heterocycles. The maximum absolute atomic E-state index is 6.03. The van der Waals surface area contributed by atoms with Gasteiger partial charge in [-0.25, -0.2) is 4.99 Å². The Morgan fingerprint density at radius 3 is 2.68 bits per heavy atom. The lowest BCUT2D eigenvalue weighted by Gasteiger charge is -2.17. The highest BCUT2D eigenvalue weighted by molar-refractivity contribution is 14.0. The number of nitrogens with one attached hydrogen (secondary N) is 1. The molecule has 0 aromatic carbocycles. The van der Waals surface area contributed by atoms with Gasteiger partial charge in [0.1, 0.15) is 12.4 Å². The largest absolute Gasteiger partial charge is 0.370 e. The van der Waals surface area contributed by atoms with Gasteiger partial charge in [0.25, 0.3) is 0 Å². The fraction of sp³-hybridized carbons (Fsp3) is 0.800. The van der Waals surface area contributed by atoms with Crippen LogP contribution in [0.1, 0.15) is 63.0 Å². The second-order valence-corrected chi connectivity index (χ2v) is 6.18. The van der Waals surface area contributed by atoms with Crippen LogP contribution in [-0.2, 0) is 19.5 Å². The predicted octanol–water partition coefficient (Wildman–Crippen LogP) is 2.36. The van der Waals surface area contributed by atoms with Gasteiger partial charge in [0.2, 0.25) is 0 Å². The van der Waals surface area contributed by atoms with E-state index >= 15 is 0 Å². The standard InChI is InChI=1S/C15H26N6.HI/c16-15(18-12-7-3-1-2-4-8-12)17-11-14-20-19-13-9-5-6-10-21(13)14;/h12H,1-11H2,(H3,16,17,18);1H. The summed E-state index contributed by atoms with van der Waals surface area (Å²) in [5.41, 5.74) is 6.03. The highest BCUT2D eigenvalue weighted by atomic mass is 127. The molecule has 3 rings (SSSR count). The van der Waals surface area contributed by atoms with E-state index in [4.69, 9.17) is 5.73 Å². The maximum Gasteiger partial charge on any atom is 0.189 e. The fourth-order valence-corrected chi connectivity index (χ4v) is 3.32. The number of guanidine groups is 1. The summed E-state index contributed by atoms with van der Waals surface area (Å²) in [5, 5.41) is 11.9. The van der Waals surface area contributed by atoms with Crippen molar-refractivity contribution < 1.29 is 0 Å². The lowest BCUT2D eigenvalue weighted by Crippen LogP contribution is -2.39. The van der Waals surface area contributed by atoms with Gasteiger partial charge >= 0.3 is 0 Å². The summed E-state index contributed by atoms with van der Waals surface area (Å²) >= 11 is 0. The van der Waals surface area contributed by atoms with Crippen LogP contribution in [0.2, 0.25) is 0 Å². The Balaban J connectivity index is 0.00000176. The van der Waals surface area contributed by atoms with Gasteiger partial charge in [-0.15, -0.1) is 34.2 Å². The van der Waals surface area contributed by atoms with Gasteiger partial charge in [-0.1, -0.05) is 25.7 Å². The summed E-state index contributed by atoms with van der Waals surface area (Å²) in [5.74, 6) is 2.59. The maximum atomic E-state index is 6.03. The predicted molar refractivity (Wildman–Crippen MR) is 98.3 cm³/mol. The molecule has 0 atom stereocenters. The Bertz CT molecular complexity index is 490. The van der Waals surface area contributed by atoms with Gasteiger partial charge in [-0.05, 0) is 25.7 Å². The first-order valence-electron chi connectivity index (χ1n) is 8.30.